The van der Waals surface area contributed by atoms with Gasteiger partial charge in [0, 0.05) is 17.3 Å². The molecule has 0 bridgehead atoms. The van der Waals surface area contributed by atoms with Gasteiger partial charge in [0.1, 0.15) is 5.82 Å². The van der Waals surface area contributed by atoms with Crippen LogP contribution in [0.4, 0.5) is 5.82 Å². The summed E-state index contributed by atoms with van der Waals surface area (Å²) in [6, 6.07) is 9.11. The van der Waals surface area contributed by atoms with E-state index in [0.717, 1.165) is 16.7 Å². The summed E-state index contributed by atoms with van der Waals surface area (Å²) in [5.74, 6) is 6.11. The molecule has 0 radical (unpaired) electrons. The Morgan fingerprint density at radius 3 is 2.81 bits per heavy atom. The van der Waals surface area contributed by atoms with Crippen molar-refractivity contribution in [1.82, 2.24) is 4.98 Å². The lowest BCUT2D eigenvalue weighted by Gasteiger charge is -2.06. The van der Waals surface area contributed by atoms with Crippen molar-refractivity contribution in [2.24, 2.45) is 5.73 Å². The van der Waals surface area contributed by atoms with Gasteiger partial charge in [0.25, 0.3) is 5.91 Å². The van der Waals surface area contributed by atoms with Crippen LogP contribution < -0.4 is 11.1 Å². The van der Waals surface area contributed by atoms with Crippen molar-refractivity contribution in [1.29, 1.82) is 0 Å². The lowest BCUT2D eigenvalue weighted by atomic mass is 10.0. The number of anilines is 1. The topological polar surface area (TPSA) is 68.0 Å². The fourth-order valence-corrected chi connectivity index (χ4v) is 1.84. The van der Waals surface area contributed by atoms with E-state index in [1.165, 1.54) is 0 Å². The van der Waals surface area contributed by atoms with E-state index in [4.69, 9.17) is 5.73 Å². The second-order valence-electron chi connectivity index (χ2n) is 4.71. The lowest BCUT2D eigenvalue weighted by molar-refractivity contribution is 0.102. The van der Waals surface area contributed by atoms with Crippen LogP contribution in [0.2, 0.25) is 0 Å². The highest BCUT2D eigenvalue weighted by molar-refractivity contribution is 6.04. The Bertz CT molecular complexity index is 726. The minimum atomic E-state index is -0.205. The number of carbonyl (C=O) groups excluding carboxylic acids is 1. The quantitative estimate of drug-likeness (QED) is 0.829. The number of pyridine rings is 1. The van der Waals surface area contributed by atoms with E-state index in [2.05, 4.69) is 22.1 Å². The number of nitrogens with zero attached hydrogens (tertiary/aromatic N) is 1. The molecular formula is C17H17N3O. The molecule has 0 spiro atoms. The van der Waals surface area contributed by atoms with Gasteiger partial charge in [0.05, 0.1) is 6.54 Å². The second-order valence-corrected chi connectivity index (χ2v) is 4.71. The fraction of sp³-hybridized carbons (Fsp3) is 0.176. The molecule has 0 fully saturated rings. The summed E-state index contributed by atoms with van der Waals surface area (Å²) >= 11 is 0. The molecule has 4 heteroatoms. The van der Waals surface area contributed by atoms with Crippen molar-refractivity contribution in [3.05, 3.63) is 58.8 Å². The molecule has 1 amide bonds. The Labute approximate surface area is 124 Å². The molecule has 1 heterocycles. The zero-order valence-corrected chi connectivity index (χ0v) is 12.1. The van der Waals surface area contributed by atoms with E-state index in [9.17, 15) is 4.79 Å². The Morgan fingerprint density at radius 1 is 1.29 bits per heavy atom. The van der Waals surface area contributed by atoms with Gasteiger partial charge in [-0.15, -0.1) is 0 Å². The summed E-state index contributed by atoms with van der Waals surface area (Å²) in [6.45, 7) is 4.19. The van der Waals surface area contributed by atoms with Crippen LogP contribution in [0.25, 0.3) is 0 Å². The van der Waals surface area contributed by atoms with E-state index in [1.807, 2.05) is 32.0 Å². The number of amides is 1. The molecule has 3 N–H and O–H groups in total. The van der Waals surface area contributed by atoms with E-state index in [-0.39, 0.29) is 5.91 Å². The monoisotopic (exact) mass is 279 g/mol. The van der Waals surface area contributed by atoms with Crippen molar-refractivity contribution >= 4 is 11.7 Å². The van der Waals surface area contributed by atoms with Crippen LogP contribution in [0.3, 0.4) is 0 Å². The van der Waals surface area contributed by atoms with Crippen LogP contribution in [-0.2, 0) is 0 Å². The number of hydrogen-bond acceptors (Lipinski definition) is 3. The molecule has 0 atom stereocenters. The summed E-state index contributed by atoms with van der Waals surface area (Å²) in [7, 11) is 0. The first-order chi connectivity index (χ1) is 10.1. The minimum Gasteiger partial charge on any atom is -0.320 e. The zero-order chi connectivity index (χ0) is 15.2. The van der Waals surface area contributed by atoms with Crippen LogP contribution >= 0.6 is 0 Å². The highest BCUT2D eigenvalue weighted by Crippen LogP contribution is 2.13. The van der Waals surface area contributed by atoms with Gasteiger partial charge in [0.15, 0.2) is 0 Å². The van der Waals surface area contributed by atoms with Crippen molar-refractivity contribution in [2.75, 3.05) is 11.9 Å². The third-order valence-electron chi connectivity index (χ3n) is 2.98. The Hall–Kier alpha value is -2.64. The molecule has 1 aromatic heterocycles. The number of nitrogens with two attached hydrogens (primary N) is 1. The van der Waals surface area contributed by atoms with Crippen LogP contribution in [0, 0.1) is 25.7 Å². The molecule has 106 valence electrons. The summed E-state index contributed by atoms with van der Waals surface area (Å²) < 4.78 is 0. The highest BCUT2D eigenvalue weighted by atomic mass is 16.1. The van der Waals surface area contributed by atoms with Crippen molar-refractivity contribution in [2.45, 2.75) is 13.8 Å². The first-order valence-corrected chi connectivity index (χ1v) is 6.64. The maximum Gasteiger partial charge on any atom is 0.256 e. The van der Waals surface area contributed by atoms with Crippen molar-refractivity contribution in [3.8, 4) is 11.8 Å². The Kier molecular flexibility index (Phi) is 4.70. The zero-order valence-electron chi connectivity index (χ0n) is 12.1. The van der Waals surface area contributed by atoms with Crippen LogP contribution in [-0.4, -0.2) is 17.4 Å². The summed E-state index contributed by atoms with van der Waals surface area (Å²) in [5.41, 5.74) is 8.79. The summed E-state index contributed by atoms with van der Waals surface area (Å²) in [6.07, 6.45) is 1.66. The van der Waals surface area contributed by atoms with Crippen LogP contribution in [0.5, 0.6) is 0 Å². The number of aryl methyl sites for hydroxylation is 2. The van der Waals surface area contributed by atoms with Gasteiger partial charge in [-0.25, -0.2) is 4.98 Å². The van der Waals surface area contributed by atoms with Gasteiger partial charge in [-0.05, 0) is 49.2 Å². The van der Waals surface area contributed by atoms with E-state index >= 15 is 0 Å². The van der Waals surface area contributed by atoms with Gasteiger partial charge in [-0.3, -0.25) is 4.79 Å². The molecule has 0 aliphatic heterocycles. The Balaban J connectivity index is 2.23. The normalized spacial score (nSPS) is 9.67. The number of benzene rings is 1. The average Bonchev–Trinajstić information content (AvgIpc) is 2.46. The van der Waals surface area contributed by atoms with E-state index in [0.29, 0.717) is 17.9 Å². The number of nitrogens with one attached hydrogen (secondary N) is 1. The molecule has 0 saturated heterocycles. The van der Waals surface area contributed by atoms with E-state index in [1.54, 1.807) is 18.3 Å². The largest absolute Gasteiger partial charge is 0.320 e. The average molecular weight is 279 g/mol. The van der Waals surface area contributed by atoms with E-state index < -0.39 is 0 Å². The fourth-order valence-electron chi connectivity index (χ4n) is 1.84. The summed E-state index contributed by atoms with van der Waals surface area (Å²) in [4.78, 5) is 16.4. The number of aromatic nitrogens is 1. The van der Waals surface area contributed by atoms with Crippen LogP contribution in [0.1, 0.15) is 27.0 Å². The molecule has 0 unspecified atom stereocenters. The third kappa shape index (κ3) is 3.91. The smallest absolute Gasteiger partial charge is 0.256 e. The van der Waals surface area contributed by atoms with Crippen molar-refractivity contribution in [3.63, 3.8) is 0 Å². The molecule has 0 aliphatic carbocycles. The molecule has 0 aliphatic rings. The van der Waals surface area contributed by atoms with Gasteiger partial charge < -0.3 is 11.1 Å². The number of hydrogen-bond donors (Lipinski definition) is 2. The minimum absolute atomic E-state index is 0.205. The molecule has 2 rings (SSSR count). The highest BCUT2D eigenvalue weighted by Gasteiger charge is 2.08. The van der Waals surface area contributed by atoms with Crippen LogP contribution in [0.15, 0.2) is 36.5 Å². The molecule has 4 nitrogen and oxygen atoms in total. The Morgan fingerprint density at radius 2 is 2.10 bits per heavy atom. The summed E-state index contributed by atoms with van der Waals surface area (Å²) in [5, 5.41) is 2.78. The molecule has 1 aromatic carbocycles. The van der Waals surface area contributed by atoms with Gasteiger partial charge in [0.2, 0.25) is 0 Å². The predicted molar refractivity (Wildman–Crippen MR) is 84.0 cm³/mol. The van der Waals surface area contributed by atoms with Crippen molar-refractivity contribution < 1.29 is 4.79 Å². The maximum atomic E-state index is 12.2. The molecular weight excluding hydrogens is 262 g/mol. The van der Waals surface area contributed by atoms with Gasteiger partial charge in [-0.1, -0.05) is 17.9 Å². The number of carbonyl (C=O) groups is 1. The van der Waals surface area contributed by atoms with Gasteiger partial charge >= 0.3 is 0 Å². The molecule has 2 aromatic rings. The van der Waals surface area contributed by atoms with Gasteiger partial charge in [-0.2, -0.15) is 0 Å². The first-order valence-electron chi connectivity index (χ1n) is 6.64. The SMILES string of the molecule is Cc1ccnc(NC(=O)c2ccc(C)c(C#CCN)c2)c1. The molecule has 21 heavy (non-hydrogen) atoms. The standard InChI is InChI=1S/C17H17N3O/c1-12-7-9-19-16(10-12)20-17(21)15-6-5-13(2)14(11-15)4-3-8-18/h5-7,9-11H,8,18H2,1-2H3,(H,19,20,21). The molecule has 0 saturated carbocycles. The predicted octanol–water partition coefficient (Wildman–Crippen LogP) is 2.26. The maximum absolute atomic E-state index is 12.2. The second kappa shape index (κ2) is 6.69. The third-order valence-corrected chi connectivity index (χ3v) is 2.98. The first kappa shape index (κ1) is 14.8. The lowest BCUT2D eigenvalue weighted by Crippen LogP contribution is -2.13. The number of rotatable bonds is 2.